The third kappa shape index (κ3) is 2.38. The number of nitrogens with two attached hydrogens (primary N) is 1. The zero-order valence-electron chi connectivity index (χ0n) is 6.32. The van der Waals surface area contributed by atoms with Crippen molar-refractivity contribution in [1.82, 2.24) is 0 Å². The fraction of sp³-hybridized carbons (Fsp3) is 0.857. The Balaban J connectivity index is 2.04. The van der Waals surface area contributed by atoms with E-state index < -0.39 is 6.09 Å². The van der Waals surface area contributed by atoms with Crippen LogP contribution >= 0.6 is 0 Å². The fourth-order valence-electron chi connectivity index (χ4n) is 1.35. The Bertz CT molecular complexity index is 143. The highest BCUT2D eigenvalue weighted by molar-refractivity contribution is 5.64. The molecule has 3 N–H and O–H groups in total. The van der Waals surface area contributed by atoms with Crippen LogP contribution in [-0.4, -0.2) is 23.9 Å². The summed E-state index contributed by atoms with van der Waals surface area (Å²) >= 11 is 0. The molecular formula is C7H13NO3. The van der Waals surface area contributed by atoms with E-state index in [-0.39, 0.29) is 12.7 Å². The van der Waals surface area contributed by atoms with Gasteiger partial charge in [0.25, 0.3) is 0 Å². The first kappa shape index (κ1) is 8.33. The van der Waals surface area contributed by atoms with Crippen LogP contribution in [0, 0.1) is 5.92 Å². The highest BCUT2D eigenvalue weighted by atomic mass is 16.6. The van der Waals surface area contributed by atoms with Crippen LogP contribution in [-0.2, 0) is 4.74 Å². The van der Waals surface area contributed by atoms with Gasteiger partial charge in [-0.15, -0.1) is 0 Å². The Hall–Kier alpha value is -0.770. The highest BCUT2D eigenvalue weighted by Gasteiger charge is 2.30. The maximum Gasteiger partial charge on any atom is 0.404 e. The number of carbonyl (C=O) groups is 1. The molecule has 0 saturated heterocycles. The second-order valence-electron chi connectivity index (χ2n) is 2.91. The van der Waals surface area contributed by atoms with Crippen molar-refractivity contribution in [2.45, 2.75) is 25.4 Å². The van der Waals surface area contributed by atoms with Gasteiger partial charge in [0.2, 0.25) is 0 Å². The van der Waals surface area contributed by atoms with E-state index in [1.165, 1.54) is 0 Å². The minimum atomic E-state index is -0.697. The summed E-state index contributed by atoms with van der Waals surface area (Å²) in [4.78, 5) is 10.2. The summed E-state index contributed by atoms with van der Waals surface area (Å²) in [5, 5.41) is 8.54. The van der Waals surface area contributed by atoms with Crippen LogP contribution in [0.2, 0.25) is 0 Å². The van der Waals surface area contributed by atoms with Crippen molar-refractivity contribution in [3.8, 4) is 0 Å². The number of hydrogen-bond donors (Lipinski definition) is 2. The van der Waals surface area contributed by atoms with Gasteiger partial charge in [0.1, 0.15) is 6.10 Å². The number of aliphatic hydroxyl groups is 1. The first-order chi connectivity index (χ1) is 5.22. The SMILES string of the molecule is NC(=O)OC1CC(CCO)C1. The summed E-state index contributed by atoms with van der Waals surface area (Å²) in [5.74, 6) is 0.518. The Morgan fingerprint density at radius 1 is 1.64 bits per heavy atom. The Labute approximate surface area is 65.3 Å². The van der Waals surface area contributed by atoms with E-state index in [1.54, 1.807) is 0 Å². The summed E-state index contributed by atoms with van der Waals surface area (Å²) in [6.07, 6.45) is 1.81. The lowest BCUT2D eigenvalue weighted by molar-refractivity contribution is 0.0143. The summed E-state index contributed by atoms with van der Waals surface area (Å²) in [6, 6.07) is 0. The molecule has 64 valence electrons. The third-order valence-corrected chi connectivity index (χ3v) is 2.01. The summed E-state index contributed by atoms with van der Waals surface area (Å²) in [6.45, 7) is 0.216. The molecule has 0 aromatic rings. The van der Waals surface area contributed by atoms with Gasteiger partial charge >= 0.3 is 6.09 Å². The van der Waals surface area contributed by atoms with Crippen molar-refractivity contribution >= 4 is 6.09 Å². The van der Waals surface area contributed by atoms with Crippen LogP contribution < -0.4 is 5.73 Å². The Morgan fingerprint density at radius 3 is 2.73 bits per heavy atom. The Kier molecular flexibility index (Phi) is 2.70. The minimum Gasteiger partial charge on any atom is -0.446 e. The average molecular weight is 159 g/mol. The van der Waals surface area contributed by atoms with Gasteiger partial charge in [-0.1, -0.05) is 0 Å². The van der Waals surface area contributed by atoms with Crippen molar-refractivity contribution in [2.24, 2.45) is 11.7 Å². The predicted molar refractivity (Wildman–Crippen MR) is 38.9 cm³/mol. The van der Waals surface area contributed by atoms with E-state index in [0.29, 0.717) is 5.92 Å². The summed E-state index contributed by atoms with van der Waals surface area (Å²) in [7, 11) is 0. The third-order valence-electron chi connectivity index (χ3n) is 2.01. The number of amides is 1. The lowest BCUT2D eigenvalue weighted by Gasteiger charge is -2.33. The van der Waals surface area contributed by atoms with Crippen LogP contribution in [0.3, 0.4) is 0 Å². The molecule has 1 amide bonds. The largest absolute Gasteiger partial charge is 0.446 e. The number of primary amides is 1. The molecule has 4 heteroatoms. The zero-order valence-corrected chi connectivity index (χ0v) is 6.32. The van der Waals surface area contributed by atoms with Crippen molar-refractivity contribution in [2.75, 3.05) is 6.61 Å². The second kappa shape index (κ2) is 3.57. The first-order valence-electron chi connectivity index (χ1n) is 3.79. The molecule has 0 aromatic carbocycles. The van der Waals surface area contributed by atoms with Gasteiger partial charge in [-0.2, -0.15) is 0 Å². The van der Waals surface area contributed by atoms with E-state index >= 15 is 0 Å². The molecule has 0 unspecified atom stereocenters. The van der Waals surface area contributed by atoms with E-state index in [4.69, 9.17) is 15.6 Å². The first-order valence-corrected chi connectivity index (χ1v) is 3.79. The quantitative estimate of drug-likeness (QED) is 0.619. The van der Waals surface area contributed by atoms with Gasteiger partial charge in [-0.3, -0.25) is 0 Å². The molecular weight excluding hydrogens is 146 g/mol. The number of aliphatic hydroxyl groups excluding tert-OH is 1. The molecule has 0 aliphatic heterocycles. The van der Waals surface area contributed by atoms with Crippen LogP contribution in [0.5, 0.6) is 0 Å². The van der Waals surface area contributed by atoms with E-state index in [1.807, 2.05) is 0 Å². The summed E-state index contributed by atoms with van der Waals surface area (Å²) < 4.78 is 4.72. The van der Waals surface area contributed by atoms with Gasteiger partial charge < -0.3 is 15.6 Å². The van der Waals surface area contributed by atoms with Crippen LogP contribution in [0.4, 0.5) is 4.79 Å². The topological polar surface area (TPSA) is 72.6 Å². The molecule has 1 aliphatic rings. The molecule has 1 saturated carbocycles. The number of hydrogen-bond acceptors (Lipinski definition) is 3. The van der Waals surface area contributed by atoms with Crippen LogP contribution in [0.25, 0.3) is 0 Å². The number of carbonyl (C=O) groups excluding carboxylic acids is 1. The van der Waals surface area contributed by atoms with Gasteiger partial charge in [-0.25, -0.2) is 4.79 Å². The molecule has 1 fully saturated rings. The standard InChI is InChI=1S/C7H13NO3/c8-7(10)11-6-3-5(4-6)1-2-9/h5-6,9H,1-4H2,(H2,8,10). The lowest BCUT2D eigenvalue weighted by atomic mass is 9.80. The molecule has 1 rings (SSSR count). The molecule has 11 heavy (non-hydrogen) atoms. The van der Waals surface area contributed by atoms with Crippen molar-refractivity contribution in [1.29, 1.82) is 0 Å². The van der Waals surface area contributed by atoms with Gasteiger partial charge in [-0.05, 0) is 25.2 Å². The van der Waals surface area contributed by atoms with Crippen LogP contribution in [0.1, 0.15) is 19.3 Å². The number of ether oxygens (including phenoxy) is 1. The lowest BCUT2D eigenvalue weighted by Crippen LogP contribution is -2.35. The molecule has 0 spiro atoms. The molecule has 0 radical (unpaired) electrons. The second-order valence-corrected chi connectivity index (χ2v) is 2.91. The van der Waals surface area contributed by atoms with E-state index in [0.717, 1.165) is 19.3 Å². The fourth-order valence-corrected chi connectivity index (χ4v) is 1.35. The van der Waals surface area contributed by atoms with Gasteiger partial charge in [0.05, 0.1) is 0 Å². The molecule has 0 atom stereocenters. The van der Waals surface area contributed by atoms with Crippen molar-refractivity contribution in [3.05, 3.63) is 0 Å². The average Bonchev–Trinajstić information content (AvgIpc) is 1.82. The zero-order chi connectivity index (χ0) is 8.27. The molecule has 0 aromatic heterocycles. The smallest absolute Gasteiger partial charge is 0.404 e. The van der Waals surface area contributed by atoms with Gasteiger partial charge in [0.15, 0.2) is 0 Å². The summed E-state index contributed by atoms with van der Waals surface area (Å²) in [5.41, 5.74) is 4.81. The monoisotopic (exact) mass is 159 g/mol. The maximum atomic E-state index is 10.2. The molecule has 4 nitrogen and oxygen atoms in total. The van der Waals surface area contributed by atoms with Crippen molar-refractivity contribution in [3.63, 3.8) is 0 Å². The van der Waals surface area contributed by atoms with Crippen LogP contribution in [0.15, 0.2) is 0 Å². The molecule has 0 heterocycles. The molecule has 0 bridgehead atoms. The van der Waals surface area contributed by atoms with Gasteiger partial charge in [0, 0.05) is 6.61 Å². The number of rotatable bonds is 3. The van der Waals surface area contributed by atoms with Crippen molar-refractivity contribution < 1.29 is 14.6 Å². The normalized spacial score (nSPS) is 29.2. The maximum absolute atomic E-state index is 10.2. The molecule has 1 aliphatic carbocycles. The minimum absolute atomic E-state index is 0.00375. The van der Waals surface area contributed by atoms with E-state index in [9.17, 15) is 4.79 Å². The predicted octanol–water partition coefficient (Wildman–Crippen LogP) is 0.243. The Morgan fingerprint density at radius 2 is 2.27 bits per heavy atom. The van der Waals surface area contributed by atoms with E-state index in [2.05, 4.69) is 0 Å². The highest BCUT2D eigenvalue weighted by Crippen LogP contribution is 2.32.